The molecule has 4 rings (SSSR count). The van der Waals surface area contributed by atoms with E-state index >= 15 is 0 Å². The Morgan fingerprint density at radius 3 is 2.90 bits per heavy atom. The van der Waals surface area contributed by atoms with E-state index in [9.17, 15) is 4.79 Å². The summed E-state index contributed by atoms with van der Waals surface area (Å²) in [5.74, 6) is 1.03. The van der Waals surface area contributed by atoms with Gasteiger partial charge in [-0.2, -0.15) is 0 Å². The summed E-state index contributed by atoms with van der Waals surface area (Å²) >= 11 is 6.49. The monoisotopic (exact) mass is 492 g/mol. The van der Waals surface area contributed by atoms with Crippen molar-refractivity contribution in [3.05, 3.63) is 45.1 Å². The average molecular weight is 493 g/mol. The number of halogens is 1. The number of aryl methyl sites for hydroxylation is 1. The fraction of sp³-hybridized carbons (Fsp3) is 0.350. The molecule has 1 N–H and O–H groups in total. The summed E-state index contributed by atoms with van der Waals surface area (Å²) in [6.07, 6.45) is 2.28. The van der Waals surface area contributed by atoms with E-state index in [0.717, 1.165) is 46.2 Å². The fourth-order valence-electron chi connectivity index (χ4n) is 3.19. The summed E-state index contributed by atoms with van der Waals surface area (Å²) in [7, 11) is 0. The Morgan fingerprint density at radius 2 is 2.21 bits per heavy atom. The Labute approximate surface area is 186 Å². The maximum Gasteiger partial charge on any atom is 0.234 e. The molecule has 2 aromatic heterocycles. The Balaban J connectivity index is 1.47. The highest BCUT2D eigenvalue weighted by Gasteiger charge is 2.22. The lowest BCUT2D eigenvalue weighted by Gasteiger charge is -2.14. The second-order valence-corrected chi connectivity index (χ2v) is 9.82. The van der Waals surface area contributed by atoms with E-state index in [1.54, 1.807) is 11.3 Å². The van der Waals surface area contributed by atoms with Gasteiger partial charge < -0.3 is 10.1 Å². The van der Waals surface area contributed by atoms with Gasteiger partial charge in [-0.3, -0.25) is 9.36 Å². The first kappa shape index (κ1) is 20.6. The van der Waals surface area contributed by atoms with Crippen LogP contribution in [-0.4, -0.2) is 39.1 Å². The lowest BCUT2D eigenvalue weighted by molar-refractivity contribution is -0.113. The number of nitrogens with zero attached hydrogens (tertiary/aromatic N) is 3. The highest BCUT2D eigenvalue weighted by molar-refractivity contribution is 9.10. The van der Waals surface area contributed by atoms with Crippen molar-refractivity contribution in [2.45, 2.75) is 37.6 Å². The number of rotatable bonds is 7. The molecule has 1 fully saturated rings. The molecule has 0 spiro atoms. The van der Waals surface area contributed by atoms with Crippen LogP contribution in [-0.2, 0) is 16.1 Å². The van der Waals surface area contributed by atoms with E-state index in [4.69, 9.17) is 4.74 Å². The van der Waals surface area contributed by atoms with Crippen molar-refractivity contribution in [1.82, 2.24) is 14.8 Å². The lowest BCUT2D eigenvalue weighted by atomic mass is 10.2. The molecule has 1 aromatic carbocycles. The number of thioether (sulfide) groups is 1. The van der Waals surface area contributed by atoms with Crippen LogP contribution >= 0.6 is 39.0 Å². The van der Waals surface area contributed by atoms with Crippen LogP contribution in [0.3, 0.4) is 0 Å². The smallest absolute Gasteiger partial charge is 0.234 e. The van der Waals surface area contributed by atoms with Crippen molar-refractivity contribution in [2.24, 2.45) is 0 Å². The number of carbonyl (C=O) groups excluding carboxylic acids is 1. The molecule has 0 saturated carbocycles. The first-order chi connectivity index (χ1) is 14.1. The lowest BCUT2D eigenvalue weighted by Crippen LogP contribution is -2.18. The molecule has 1 unspecified atom stereocenters. The number of nitrogens with one attached hydrogen (secondary N) is 1. The summed E-state index contributed by atoms with van der Waals surface area (Å²) in [5.41, 5.74) is 1.83. The third kappa shape index (κ3) is 5.28. The molecule has 1 atom stereocenters. The Hall–Kier alpha value is -1.68. The Bertz CT molecular complexity index is 981. The number of benzene rings is 1. The predicted octanol–water partition coefficient (Wildman–Crippen LogP) is 4.99. The highest BCUT2D eigenvalue weighted by Crippen LogP contribution is 2.29. The van der Waals surface area contributed by atoms with Crippen molar-refractivity contribution in [3.63, 3.8) is 0 Å². The highest BCUT2D eigenvalue weighted by atomic mass is 79.9. The van der Waals surface area contributed by atoms with Crippen LogP contribution in [0.4, 0.5) is 5.69 Å². The largest absolute Gasteiger partial charge is 0.376 e. The van der Waals surface area contributed by atoms with Crippen LogP contribution in [0.15, 0.2) is 45.3 Å². The van der Waals surface area contributed by atoms with E-state index in [-0.39, 0.29) is 17.8 Å². The maximum atomic E-state index is 12.4. The molecular formula is C20H21BrN4O2S2. The van der Waals surface area contributed by atoms with Gasteiger partial charge in [0.1, 0.15) is 0 Å². The third-order valence-corrected chi connectivity index (χ3v) is 6.93. The van der Waals surface area contributed by atoms with Gasteiger partial charge in [-0.15, -0.1) is 21.5 Å². The van der Waals surface area contributed by atoms with Crippen molar-refractivity contribution in [2.75, 3.05) is 17.7 Å². The molecule has 0 bridgehead atoms. The number of hydrogen-bond donors (Lipinski definition) is 1. The van der Waals surface area contributed by atoms with E-state index in [1.165, 1.54) is 16.6 Å². The van der Waals surface area contributed by atoms with E-state index in [0.29, 0.717) is 6.54 Å². The van der Waals surface area contributed by atoms with Gasteiger partial charge in [0.25, 0.3) is 0 Å². The molecule has 1 saturated heterocycles. The van der Waals surface area contributed by atoms with Gasteiger partial charge in [-0.05, 0) is 50.1 Å². The van der Waals surface area contributed by atoms with Gasteiger partial charge >= 0.3 is 0 Å². The van der Waals surface area contributed by atoms with Crippen molar-refractivity contribution < 1.29 is 9.53 Å². The van der Waals surface area contributed by atoms with Crippen LogP contribution in [0.2, 0.25) is 0 Å². The number of ether oxygens (including phenoxy) is 1. The molecule has 3 aromatic rings. The number of aromatic nitrogens is 3. The molecule has 1 aliphatic heterocycles. The first-order valence-electron chi connectivity index (χ1n) is 9.37. The molecule has 1 aliphatic rings. The zero-order chi connectivity index (χ0) is 20.2. The normalized spacial score (nSPS) is 16.3. The maximum absolute atomic E-state index is 12.4. The number of amides is 1. The standard InChI is InChI=1S/C20H21BrN4O2S2/c1-13-9-14(11-28-13)19-23-24-20(25(19)10-17-3-2-8-27-17)29-12-18(26)22-16-6-4-15(21)5-7-16/h4-7,9,11,17H,2-3,8,10,12H2,1H3,(H,22,26). The molecule has 29 heavy (non-hydrogen) atoms. The van der Waals surface area contributed by atoms with Crippen molar-refractivity contribution in [1.29, 1.82) is 0 Å². The Kier molecular flexibility index (Phi) is 6.69. The van der Waals surface area contributed by atoms with Crippen molar-refractivity contribution in [3.8, 4) is 11.4 Å². The number of hydrogen-bond acceptors (Lipinski definition) is 6. The van der Waals surface area contributed by atoms with Gasteiger partial charge in [0.15, 0.2) is 11.0 Å². The fourth-order valence-corrected chi connectivity index (χ4v) is 4.88. The molecule has 3 heterocycles. The minimum atomic E-state index is -0.0723. The van der Waals surface area contributed by atoms with Gasteiger partial charge in [-0.1, -0.05) is 27.7 Å². The second kappa shape index (κ2) is 9.42. The molecule has 6 nitrogen and oxygen atoms in total. The van der Waals surface area contributed by atoms with Crippen LogP contribution in [0.1, 0.15) is 17.7 Å². The van der Waals surface area contributed by atoms with Gasteiger partial charge in [0.05, 0.1) is 18.4 Å². The number of anilines is 1. The van der Waals surface area contributed by atoms with E-state index in [2.05, 4.69) is 54.4 Å². The summed E-state index contributed by atoms with van der Waals surface area (Å²) in [4.78, 5) is 13.6. The third-order valence-electron chi connectivity index (χ3n) is 4.58. The summed E-state index contributed by atoms with van der Waals surface area (Å²) in [5, 5.41) is 14.5. The van der Waals surface area contributed by atoms with Gasteiger partial charge in [0, 0.05) is 32.6 Å². The molecular weight excluding hydrogens is 472 g/mol. The quantitative estimate of drug-likeness (QED) is 0.470. The first-order valence-corrected chi connectivity index (χ1v) is 12.0. The minimum Gasteiger partial charge on any atom is -0.376 e. The topological polar surface area (TPSA) is 69.0 Å². The SMILES string of the molecule is Cc1cc(-c2nnc(SCC(=O)Nc3ccc(Br)cc3)n2CC2CCCO2)cs1. The molecule has 0 aliphatic carbocycles. The molecule has 0 radical (unpaired) electrons. The summed E-state index contributed by atoms with van der Waals surface area (Å²) < 4.78 is 8.89. The van der Waals surface area contributed by atoms with Gasteiger partial charge in [0.2, 0.25) is 5.91 Å². The molecule has 9 heteroatoms. The second-order valence-electron chi connectivity index (χ2n) is 6.84. The minimum absolute atomic E-state index is 0.0723. The van der Waals surface area contributed by atoms with Gasteiger partial charge in [-0.25, -0.2) is 0 Å². The van der Waals surface area contributed by atoms with Crippen LogP contribution in [0.5, 0.6) is 0 Å². The zero-order valence-corrected chi connectivity index (χ0v) is 19.1. The zero-order valence-electron chi connectivity index (χ0n) is 15.9. The number of thiophene rings is 1. The molecule has 152 valence electrons. The van der Waals surface area contributed by atoms with E-state index < -0.39 is 0 Å². The van der Waals surface area contributed by atoms with Crippen LogP contribution in [0, 0.1) is 6.92 Å². The van der Waals surface area contributed by atoms with Crippen LogP contribution < -0.4 is 5.32 Å². The summed E-state index contributed by atoms with van der Waals surface area (Å²) in [6.45, 7) is 3.59. The Morgan fingerprint density at radius 1 is 1.38 bits per heavy atom. The predicted molar refractivity (Wildman–Crippen MR) is 121 cm³/mol. The number of carbonyl (C=O) groups is 1. The average Bonchev–Trinajstić information content (AvgIpc) is 3.44. The van der Waals surface area contributed by atoms with Crippen LogP contribution in [0.25, 0.3) is 11.4 Å². The van der Waals surface area contributed by atoms with Crippen molar-refractivity contribution >= 4 is 50.6 Å². The van der Waals surface area contributed by atoms with E-state index in [1.807, 2.05) is 24.3 Å². The summed E-state index contributed by atoms with van der Waals surface area (Å²) in [6, 6.07) is 9.65. The molecule has 1 amide bonds.